The molecule has 2 heteroatoms. The average Bonchev–Trinajstić information content (AvgIpc) is 2.15. The molecule has 0 unspecified atom stereocenters. The normalized spacial score (nSPS) is 12.8. The SMILES string of the molecule is CCCO[C@H](C)c1ccc(Br)cc1. The van der Waals surface area contributed by atoms with E-state index in [2.05, 4.69) is 41.9 Å². The molecule has 0 heterocycles. The number of benzene rings is 1. The second-order valence-corrected chi connectivity index (χ2v) is 3.98. The van der Waals surface area contributed by atoms with Gasteiger partial charge in [0.05, 0.1) is 6.10 Å². The zero-order valence-electron chi connectivity index (χ0n) is 8.09. The molecule has 0 saturated heterocycles. The van der Waals surface area contributed by atoms with Gasteiger partial charge in [0.25, 0.3) is 0 Å². The molecule has 0 bridgehead atoms. The lowest BCUT2D eigenvalue weighted by Gasteiger charge is -2.12. The molecule has 0 amide bonds. The van der Waals surface area contributed by atoms with Crippen molar-refractivity contribution in [2.75, 3.05) is 6.61 Å². The van der Waals surface area contributed by atoms with Crippen LogP contribution in [0.3, 0.4) is 0 Å². The second kappa shape index (κ2) is 5.40. The van der Waals surface area contributed by atoms with E-state index in [1.807, 2.05) is 12.1 Å². The van der Waals surface area contributed by atoms with Crippen molar-refractivity contribution in [1.29, 1.82) is 0 Å². The van der Waals surface area contributed by atoms with Gasteiger partial charge in [-0.15, -0.1) is 0 Å². The Kier molecular flexibility index (Phi) is 4.46. The van der Waals surface area contributed by atoms with E-state index in [9.17, 15) is 0 Å². The van der Waals surface area contributed by atoms with Crippen molar-refractivity contribution in [2.45, 2.75) is 26.4 Å². The summed E-state index contributed by atoms with van der Waals surface area (Å²) in [4.78, 5) is 0. The van der Waals surface area contributed by atoms with Crippen molar-refractivity contribution in [1.82, 2.24) is 0 Å². The fourth-order valence-corrected chi connectivity index (χ4v) is 1.39. The van der Waals surface area contributed by atoms with Gasteiger partial charge in [0, 0.05) is 11.1 Å². The van der Waals surface area contributed by atoms with Crippen LogP contribution in [-0.2, 0) is 4.74 Å². The van der Waals surface area contributed by atoms with Crippen LogP contribution in [0.4, 0.5) is 0 Å². The van der Waals surface area contributed by atoms with Crippen LogP contribution in [0.15, 0.2) is 28.7 Å². The Morgan fingerprint density at radius 2 is 1.92 bits per heavy atom. The van der Waals surface area contributed by atoms with E-state index in [1.165, 1.54) is 5.56 Å². The molecule has 0 aliphatic rings. The van der Waals surface area contributed by atoms with Gasteiger partial charge in [-0.05, 0) is 31.0 Å². The molecule has 0 N–H and O–H groups in total. The van der Waals surface area contributed by atoms with Crippen molar-refractivity contribution in [2.24, 2.45) is 0 Å². The molecule has 0 aliphatic carbocycles. The number of hydrogen-bond donors (Lipinski definition) is 0. The standard InChI is InChI=1S/C11H15BrO/c1-3-8-13-9(2)10-4-6-11(12)7-5-10/h4-7,9H,3,8H2,1-2H3/t9-/m1/s1. The molecular weight excluding hydrogens is 228 g/mol. The van der Waals surface area contributed by atoms with Gasteiger partial charge in [-0.25, -0.2) is 0 Å². The summed E-state index contributed by atoms with van der Waals surface area (Å²) >= 11 is 3.41. The predicted octanol–water partition coefficient (Wildman–Crippen LogP) is 3.94. The first kappa shape index (κ1) is 10.7. The number of rotatable bonds is 4. The zero-order chi connectivity index (χ0) is 9.68. The fraction of sp³-hybridized carbons (Fsp3) is 0.455. The summed E-state index contributed by atoms with van der Waals surface area (Å²) in [5.74, 6) is 0. The predicted molar refractivity (Wildman–Crippen MR) is 58.8 cm³/mol. The van der Waals surface area contributed by atoms with Crippen molar-refractivity contribution < 1.29 is 4.74 Å². The van der Waals surface area contributed by atoms with Gasteiger partial charge in [0.2, 0.25) is 0 Å². The molecule has 1 atom stereocenters. The van der Waals surface area contributed by atoms with Gasteiger partial charge in [0.1, 0.15) is 0 Å². The minimum atomic E-state index is 0.202. The summed E-state index contributed by atoms with van der Waals surface area (Å²) in [6, 6.07) is 8.26. The molecule has 0 aliphatic heterocycles. The highest BCUT2D eigenvalue weighted by Gasteiger charge is 2.03. The van der Waals surface area contributed by atoms with Gasteiger partial charge in [-0.3, -0.25) is 0 Å². The van der Waals surface area contributed by atoms with Crippen molar-refractivity contribution in [3.05, 3.63) is 34.3 Å². The van der Waals surface area contributed by atoms with E-state index < -0.39 is 0 Å². The summed E-state index contributed by atoms with van der Waals surface area (Å²) in [5, 5.41) is 0. The average molecular weight is 243 g/mol. The van der Waals surface area contributed by atoms with Gasteiger partial charge in [0.15, 0.2) is 0 Å². The summed E-state index contributed by atoms with van der Waals surface area (Å²) < 4.78 is 6.71. The molecule has 1 aromatic rings. The first-order chi connectivity index (χ1) is 6.24. The van der Waals surface area contributed by atoms with E-state index in [-0.39, 0.29) is 6.10 Å². The Morgan fingerprint density at radius 3 is 2.46 bits per heavy atom. The first-order valence-electron chi connectivity index (χ1n) is 4.61. The third kappa shape index (κ3) is 3.49. The van der Waals surface area contributed by atoms with Crippen LogP contribution >= 0.6 is 15.9 Å². The Morgan fingerprint density at radius 1 is 1.31 bits per heavy atom. The maximum atomic E-state index is 5.60. The van der Waals surface area contributed by atoms with Crippen LogP contribution in [0.1, 0.15) is 31.9 Å². The highest BCUT2D eigenvalue weighted by atomic mass is 79.9. The van der Waals surface area contributed by atoms with E-state index in [1.54, 1.807) is 0 Å². The summed E-state index contributed by atoms with van der Waals surface area (Å²) in [5.41, 5.74) is 1.23. The number of halogens is 1. The maximum Gasteiger partial charge on any atom is 0.0796 e. The summed E-state index contributed by atoms with van der Waals surface area (Å²) in [6.45, 7) is 5.03. The molecule has 1 rings (SSSR count). The largest absolute Gasteiger partial charge is 0.374 e. The minimum absolute atomic E-state index is 0.202. The molecule has 0 saturated carbocycles. The highest BCUT2D eigenvalue weighted by Crippen LogP contribution is 2.19. The van der Waals surface area contributed by atoms with Crippen molar-refractivity contribution in [3.63, 3.8) is 0 Å². The van der Waals surface area contributed by atoms with Crippen LogP contribution < -0.4 is 0 Å². The molecule has 72 valence electrons. The molecule has 1 aromatic carbocycles. The summed E-state index contributed by atoms with van der Waals surface area (Å²) in [6.07, 6.45) is 1.27. The lowest BCUT2D eigenvalue weighted by atomic mass is 10.1. The van der Waals surface area contributed by atoms with E-state index >= 15 is 0 Å². The third-order valence-corrected chi connectivity index (χ3v) is 2.44. The summed E-state index contributed by atoms with van der Waals surface area (Å²) in [7, 11) is 0. The van der Waals surface area contributed by atoms with Gasteiger partial charge in [-0.2, -0.15) is 0 Å². The maximum absolute atomic E-state index is 5.60. The Balaban J connectivity index is 2.55. The molecule has 0 radical (unpaired) electrons. The van der Waals surface area contributed by atoms with Gasteiger partial charge >= 0.3 is 0 Å². The highest BCUT2D eigenvalue weighted by molar-refractivity contribution is 9.10. The second-order valence-electron chi connectivity index (χ2n) is 3.06. The first-order valence-corrected chi connectivity index (χ1v) is 5.40. The van der Waals surface area contributed by atoms with Crippen LogP contribution in [0.5, 0.6) is 0 Å². The van der Waals surface area contributed by atoms with Gasteiger partial charge < -0.3 is 4.74 Å². The molecule has 0 spiro atoms. The monoisotopic (exact) mass is 242 g/mol. The zero-order valence-corrected chi connectivity index (χ0v) is 9.67. The van der Waals surface area contributed by atoms with Crippen LogP contribution in [-0.4, -0.2) is 6.61 Å². The van der Waals surface area contributed by atoms with E-state index in [4.69, 9.17) is 4.74 Å². The van der Waals surface area contributed by atoms with Crippen molar-refractivity contribution >= 4 is 15.9 Å². The van der Waals surface area contributed by atoms with Crippen LogP contribution in [0, 0.1) is 0 Å². The lowest BCUT2D eigenvalue weighted by molar-refractivity contribution is 0.0663. The molecule has 0 fully saturated rings. The quantitative estimate of drug-likeness (QED) is 0.778. The minimum Gasteiger partial charge on any atom is -0.374 e. The fourth-order valence-electron chi connectivity index (χ4n) is 1.12. The molecule has 0 aromatic heterocycles. The third-order valence-electron chi connectivity index (χ3n) is 1.91. The van der Waals surface area contributed by atoms with Gasteiger partial charge in [-0.1, -0.05) is 35.0 Å². The Labute approximate surface area is 88.2 Å². The number of ether oxygens (including phenoxy) is 1. The van der Waals surface area contributed by atoms with Crippen LogP contribution in [0.2, 0.25) is 0 Å². The smallest absolute Gasteiger partial charge is 0.0796 e. The van der Waals surface area contributed by atoms with Crippen LogP contribution in [0.25, 0.3) is 0 Å². The van der Waals surface area contributed by atoms with E-state index in [0.717, 1.165) is 17.5 Å². The lowest BCUT2D eigenvalue weighted by Crippen LogP contribution is -2.00. The number of hydrogen-bond acceptors (Lipinski definition) is 1. The Hall–Kier alpha value is -0.340. The molecule has 1 nitrogen and oxygen atoms in total. The Bertz CT molecular complexity index is 243. The van der Waals surface area contributed by atoms with E-state index in [0.29, 0.717) is 0 Å². The topological polar surface area (TPSA) is 9.23 Å². The molecule has 13 heavy (non-hydrogen) atoms. The van der Waals surface area contributed by atoms with Crippen molar-refractivity contribution in [3.8, 4) is 0 Å². The molecular formula is C11H15BrO.